The molecule has 1 N–H and O–H groups in total. The van der Waals surface area contributed by atoms with Crippen LogP contribution >= 0.6 is 0 Å². The Hall–Kier alpha value is -3.29. The molecule has 23 heavy (non-hydrogen) atoms. The van der Waals surface area contributed by atoms with E-state index in [1.165, 1.54) is 4.63 Å². The van der Waals surface area contributed by atoms with Gasteiger partial charge in [-0.15, -0.1) is 14.8 Å². The second kappa shape index (κ2) is 5.48. The van der Waals surface area contributed by atoms with Gasteiger partial charge in [-0.3, -0.25) is 0 Å². The van der Waals surface area contributed by atoms with Gasteiger partial charge < -0.3 is 5.32 Å². The average molecular weight is 306 g/mol. The number of nitrogens with zero attached hydrogens (tertiary/aromatic N) is 7. The standard InChI is InChI=1S/C15H14N8/c1-11(17-14-7-8-15-18-20-21-23(15)19-14)12-3-5-13(6-4-12)22-10-2-9-16-22/h2-11H,1H3,(H,17,19). The van der Waals surface area contributed by atoms with E-state index < -0.39 is 0 Å². The molecule has 0 amide bonds. The van der Waals surface area contributed by atoms with E-state index in [0.29, 0.717) is 11.5 Å². The predicted octanol–water partition coefficient (Wildman–Crippen LogP) is 1.88. The molecule has 8 heteroatoms. The van der Waals surface area contributed by atoms with E-state index in [1.54, 1.807) is 6.20 Å². The van der Waals surface area contributed by atoms with E-state index >= 15 is 0 Å². The zero-order valence-corrected chi connectivity index (χ0v) is 12.4. The third-order valence-corrected chi connectivity index (χ3v) is 3.60. The third kappa shape index (κ3) is 2.61. The molecule has 0 aliphatic heterocycles. The molecule has 3 aromatic heterocycles. The van der Waals surface area contributed by atoms with E-state index in [4.69, 9.17) is 0 Å². The van der Waals surface area contributed by atoms with E-state index in [2.05, 4.69) is 50.1 Å². The largest absolute Gasteiger partial charge is 0.362 e. The molecule has 0 aliphatic rings. The first-order valence-corrected chi connectivity index (χ1v) is 7.21. The molecule has 0 spiro atoms. The minimum atomic E-state index is 0.100. The van der Waals surface area contributed by atoms with Crippen LogP contribution in [0.2, 0.25) is 0 Å². The summed E-state index contributed by atoms with van der Waals surface area (Å²) in [4.78, 5) is 0. The van der Waals surface area contributed by atoms with Gasteiger partial charge in [0.15, 0.2) is 5.65 Å². The maximum absolute atomic E-state index is 4.31. The Balaban J connectivity index is 1.53. The fourth-order valence-electron chi connectivity index (χ4n) is 2.37. The zero-order chi connectivity index (χ0) is 15.6. The normalized spacial score (nSPS) is 12.4. The summed E-state index contributed by atoms with van der Waals surface area (Å²) in [5, 5.41) is 23.1. The molecule has 0 fully saturated rings. The number of hydrogen-bond donors (Lipinski definition) is 1. The molecule has 3 heterocycles. The van der Waals surface area contributed by atoms with Crippen molar-refractivity contribution in [3.63, 3.8) is 0 Å². The van der Waals surface area contributed by atoms with Crippen molar-refractivity contribution in [1.29, 1.82) is 0 Å². The molecule has 0 saturated heterocycles. The predicted molar refractivity (Wildman–Crippen MR) is 84.2 cm³/mol. The van der Waals surface area contributed by atoms with Gasteiger partial charge in [0.1, 0.15) is 5.82 Å². The number of hydrogen-bond acceptors (Lipinski definition) is 6. The highest BCUT2D eigenvalue weighted by Crippen LogP contribution is 2.19. The van der Waals surface area contributed by atoms with Crippen LogP contribution in [-0.4, -0.2) is 35.0 Å². The summed E-state index contributed by atoms with van der Waals surface area (Å²) >= 11 is 0. The summed E-state index contributed by atoms with van der Waals surface area (Å²) in [5.74, 6) is 0.716. The highest BCUT2D eigenvalue weighted by atomic mass is 15.6. The Bertz CT molecular complexity index is 910. The smallest absolute Gasteiger partial charge is 0.200 e. The molecule has 0 saturated carbocycles. The molecule has 4 rings (SSSR count). The van der Waals surface area contributed by atoms with Crippen LogP contribution in [0.3, 0.4) is 0 Å². The van der Waals surface area contributed by atoms with Crippen molar-refractivity contribution in [3.05, 3.63) is 60.4 Å². The highest BCUT2D eigenvalue weighted by Gasteiger charge is 2.08. The Morgan fingerprint density at radius 1 is 1.09 bits per heavy atom. The summed E-state index contributed by atoms with van der Waals surface area (Å²) in [7, 11) is 0. The van der Waals surface area contributed by atoms with Crippen LogP contribution in [0.25, 0.3) is 11.3 Å². The van der Waals surface area contributed by atoms with Gasteiger partial charge in [0.05, 0.1) is 11.7 Å². The first-order valence-electron chi connectivity index (χ1n) is 7.21. The van der Waals surface area contributed by atoms with Crippen molar-refractivity contribution < 1.29 is 0 Å². The summed E-state index contributed by atoms with van der Waals surface area (Å²) < 4.78 is 3.23. The topological polar surface area (TPSA) is 85.8 Å². The minimum Gasteiger partial charge on any atom is -0.362 e. The van der Waals surface area contributed by atoms with E-state index in [1.807, 2.05) is 41.2 Å². The van der Waals surface area contributed by atoms with E-state index in [9.17, 15) is 0 Å². The molecule has 1 unspecified atom stereocenters. The zero-order valence-electron chi connectivity index (χ0n) is 12.4. The molecule has 0 bridgehead atoms. The SMILES string of the molecule is CC(Nc1ccc2nnnn2n1)c1ccc(-n2cccn2)cc1. The van der Waals surface area contributed by atoms with Gasteiger partial charge in [-0.05, 0) is 53.2 Å². The maximum atomic E-state index is 4.31. The van der Waals surface area contributed by atoms with Crippen LogP contribution in [0.15, 0.2) is 54.9 Å². The number of aromatic nitrogens is 7. The molecule has 1 aromatic carbocycles. The molecule has 4 aromatic rings. The fraction of sp³-hybridized carbons (Fsp3) is 0.133. The van der Waals surface area contributed by atoms with Crippen molar-refractivity contribution in [2.75, 3.05) is 5.32 Å². The molecule has 0 aliphatic carbocycles. The van der Waals surface area contributed by atoms with Gasteiger partial charge in [0, 0.05) is 12.4 Å². The number of tetrazole rings is 1. The lowest BCUT2D eigenvalue weighted by Crippen LogP contribution is -2.10. The van der Waals surface area contributed by atoms with Gasteiger partial charge in [-0.2, -0.15) is 5.10 Å². The van der Waals surface area contributed by atoms with E-state index in [0.717, 1.165) is 11.3 Å². The Morgan fingerprint density at radius 3 is 2.74 bits per heavy atom. The lowest BCUT2D eigenvalue weighted by atomic mass is 10.1. The quantitative estimate of drug-likeness (QED) is 0.619. The lowest BCUT2D eigenvalue weighted by Gasteiger charge is -2.15. The number of anilines is 1. The number of fused-ring (bicyclic) bond motifs is 1. The average Bonchev–Trinajstić information content (AvgIpc) is 3.26. The summed E-state index contributed by atoms with van der Waals surface area (Å²) in [6, 6.07) is 13.9. The summed E-state index contributed by atoms with van der Waals surface area (Å²) in [6.45, 7) is 2.08. The Kier molecular flexibility index (Phi) is 3.19. The molecular weight excluding hydrogens is 292 g/mol. The minimum absolute atomic E-state index is 0.100. The van der Waals surface area contributed by atoms with Crippen molar-refractivity contribution in [2.45, 2.75) is 13.0 Å². The number of benzene rings is 1. The first-order chi connectivity index (χ1) is 11.3. The van der Waals surface area contributed by atoms with Crippen LogP contribution in [-0.2, 0) is 0 Å². The van der Waals surface area contributed by atoms with Crippen LogP contribution in [0.4, 0.5) is 5.82 Å². The summed E-state index contributed by atoms with van der Waals surface area (Å²) in [5.41, 5.74) is 2.80. The van der Waals surface area contributed by atoms with Gasteiger partial charge in [0.25, 0.3) is 0 Å². The second-order valence-electron chi connectivity index (χ2n) is 5.15. The van der Waals surface area contributed by atoms with Gasteiger partial charge in [0.2, 0.25) is 0 Å². The summed E-state index contributed by atoms with van der Waals surface area (Å²) in [6.07, 6.45) is 3.68. The maximum Gasteiger partial charge on any atom is 0.200 e. The molecule has 1 atom stereocenters. The van der Waals surface area contributed by atoms with Crippen molar-refractivity contribution in [1.82, 2.24) is 35.0 Å². The monoisotopic (exact) mass is 306 g/mol. The lowest BCUT2D eigenvalue weighted by molar-refractivity contribution is 0.728. The van der Waals surface area contributed by atoms with Crippen LogP contribution in [0.1, 0.15) is 18.5 Å². The Labute approximate surface area is 131 Å². The van der Waals surface area contributed by atoms with E-state index in [-0.39, 0.29) is 6.04 Å². The second-order valence-corrected chi connectivity index (χ2v) is 5.15. The van der Waals surface area contributed by atoms with Crippen LogP contribution in [0.5, 0.6) is 0 Å². The molecular formula is C15H14N8. The molecule has 114 valence electrons. The van der Waals surface area contributed by atoms with Crippen molar-refractivity contribution >= 4 is 11.5 Å². The van der Waals surface area contributed by atoms with Crippen LogP contribution in [0, 0.1) is 0 Å². The fourth-order valence-corrected chi connectivity index (χ4v) is 2.37. The van der Waals surface area contributed by atoms with Crippen molar-refractivity contribution in [2.24, 2.45) is 0 Å². The van der Waals surface area contributed by atoms with Crippen LogP contribution < -0.4 is 5.32 Å². The first kappa shape index (κ1) is 13.4. The van der Waals surface area contributed by atoms with Gasteiger partial charge in [-0.1, -0.05) is 12.1 Å². The van der Waals surface area contributed by atoms with Gasteiger partial charge >= 0.3 is 0 Å². The number of nitrogens with one attached hydrogen (secondary N) is 1. The third-order valence-electron chi connectivity index (χ3n) is 3.60. The van der Waals surface area contributed by atoms with Crippen molar-refractivity contribution in [3.8, 4) is 5.69 Å². The molecule has 0 radical (unpaired) electrons. The highest BCUT2D eigenvalue weighted by molar-refractivity contribution is 5.44. The number of rotatable bonds is 4. The van der Waals surface area contributed by atoms with Gasteiger partial charge in [-0.25, -0.2) is 4.68 Å². The Morgan fingerprint density at radius 2 is 1.96 bits per heavy atom. The molecule has 8 nitrogen and oxygen atoms in total.